The van der Waals surface area contributed by atoms with E-state index >= 15 is 0 Å². The molecule has 0 fully saturated rings. The van der Waals surface area contributed by atoms with Crippen molar-refractivity contribution in [2.75, 3.05) is 7.11 Å². The Morgan fingerprint density at radius 3 is 2.62 bits per heavy atom. The van der Waals surface area contributed by atoms with Crippen LogP contribution in [0.3, 0.4) is 0 Å². The Morgan fingerprint density at radius 2 is 2.15 bits per heavy atom. The van der Waals surface area contributed by atoms with E-state index in [2.05, 4.69) is 9.98 Å². The number of hydrogen-bond acceptors (Lipinski definition) is 2. The molecule has 0 N–H and O–H groups in total. The second-order valence-electron chi connectivity index (χ2n) is 2.49. The van der Waals surface area contributed by atoms with Crippen LogP contribution in [0.25, 0.3) is 0 Å². The lowest BCUT2D eigenvalue weighted by Gasteiger charge is -2.01. The number of halogens is 1. The van der Waals surface area contributed by atoms with Gasteiger partial charge in [-0.15, -0.1) is 0 Å². The van der Waals surface area contributed by atoms with Crippen LogP contribution in [-0.2, 0) is 4.74 Å². The monoisotopic (exact) mass is 202 g/mol. The molecule has 0 rings (SSSR count). The van der Waals surface area contributed by atoms with Crippen molar-refractivity contribution >= 4 is 22.6 Å². The Balaban J connectivity index is 4.34. The van der Waals surface area contributed by atoms with E-state index in [0.717, 1.165) is 5.71 Å². The fraction of sp³-hybridized carbons (Fsp3) is 0.556. The highest BCUT2D eigenvalue weighted by Crippen LogP contribution is 1.97. The van der Waals surface area contributed by atoms with Gasteiger partial charge in [-0.25, -0.2) is 9.98 Å². The molecule has 0 amide bonds. The predicted octanol–water partition coefficient (Wildman–Crippen LogP) is 2.61. The topological polar surface area (TPSA) is 34.0 Å². The van der Waals surface area contributed by atoms with Crippen LogP contribution >= 0.6 is 11.6 Å². The van der Waals surface area contributed by atoms with Crippen LogP contribution in [0.5, 0.6) is 0 Å². The minimum atomic E-state index is -0.255. The number of nitrogens with zero attached hydrogens (tertiary/aromatic N) is 2. The molecule has 3 nitrogen and oxygen atoms in total. The molecule has 0 radical (unpaired) electrons. The van der Waals surface area contributed by atoms with Gasteiger partial charge in [-0.1, -0.05) is 6.08 Å². The maximum atomic E-state index is 5.73. The Kier molecular flexibility index (Phi) is 6.45. The molecule has 1 atom stereocenters. The van der Waals surface area contributed by atoms with Gasteiger partial charge in [0.2, 0.25) is 5.29 Å². The summed E-state index contributed by atoms with van der Waals surface area (Å²) in [6.45, 7) is 5.57. The van der Waals surface area contributed by atoms with Gasteiger partial charge in [-0.05, 0) is 38.4 Å². The summed E-state index contributed by atoms with van der Waals surface area (Å²) in [6, 6.07) is 0. The Morgan fingerprint density at radius 1 is 1.54 bits per heavy atom. The van der Waals surface area contributed by atoms with E-state index in [-0.39, 0.29) is 11.5 Å². The summed E-state index contributed by atoms with van der Waals surface area (Å²) >= 11 is 5.73. The van der Waals surface area contributed by atoms with E-state index in [1.165, 1.54) is 0 Å². The van der Waals surface area contributed by atoms with Gasteiger partial charge in [0.15, 0.2) is 0 Å². The molecule has 74 valence electrons. The van der Waals surface area contributed by atoms with Gasteiger partial charge in [-0.2, -0.15) is 0 Å². The minimum absolute atomic E-state index is 0.213. The molecule has 1 unspecified atom stereocenters. The van der Waals surface area contributed by atoms with Crippen molar-refractivity contribution in [1.29, 1.82) is 0 Å². The molecule has 0 aromatic rings. The zero-order valence-corrected chi connectivity index (χ0v) is 9.17. The largest absolute Gasteiger partial charge is 0.360 e. The number of amidine groups is 1. The first-order valence-corrected chi connectivity index (χ1v) is 4.42. The SMILES string of the molecule is C/C=C\C(C)=NC(Cl)=NC(C)OC. The molecule has 4 heteroatoms. The third-order valence-electron chi connectivity index (χ3n) is 1.31. The summed E-state index contributed by atoms with van der Waals surface area (Å²) in [4.78, 5) is 7.98. The molecular formula is C9H15ClN2O. The molecule has 0 aliphatic carbocycles. The highest BCUT2D eigenvalue weighted by atomic mass is 35.5. The fourth-order valence-electron chi connectivity index (χ4n) is 0.656. The van der Waals surface area contributed by atoms with Crippen molar-refractivity contribution in [2.45, 2.75) is 27.0 Å². The number of ether oxygens (including phenoxy) is 1. The first-order chi connectivity index (χ1) is 6.10. The lowest BCUT2D eigenvalue weighted by molar-refractivity contribution is 0.126. The second-order valence-corrected chi connectivity index (χ2v) is 2.82. The normalized spacial score (nSPS) is 16.7. The lowest BCUT2D eigenvalue weighted by Crippen LogP contribution is -2.03. The average Bonchev–Trinajstić information content (AvgIpc) is 2.04. The summed E-state index contributed by atoms with van der Waals surface area (Å²) in [5, 5.41) is 0.213. The van der Waals surface area contributed by atoms with Crippen LogP contribution in [0, 0.1) is 0 Å². The lowest BCUT2D eigenvalue weighted by atomic mass is 10.4. The molecule has 0 aliphatic heterocycles. The number of rotatable bonds is 3. The molecule has 0 spiro atoms. The maximum Gasteiger partial charge on any atom is 0.220 e. The van der Waals surface area contributed by atoms with Crippen LogP contribution in [0.2, 0.25) is 0 Å². The molecule has 13 heavy (non-hydrogen) atoms. The van der Waals surface area contributed by atoms with Gasteiger partial charge in [0.25, 0.3) is 0 Å². The number of aliphatic imine (C=N–C) groups is 2. The number of hydrogen-bond donors (Lipinski definition) is 0. The third-order valence-corrected chi connectivity index (χ3v) is 1.49. The Labute approximate surface area is 84.2 Å². The van der Waals surface area contributed by atoms with E-state index in [9.17, 15) is 0 Å². The van der Waals surface area contributed by atoms with Gasteiger partial charge in [0.05, 0.1) is 0 Å². The van der Waals surface area contributed by atoms with Gasteiger partial charge < -0.3 is 4.74 Å². The summed E-state index contributed by atoms with van der Waals surface area (Å²) in [5.74, 6) is 0. The van der Waals surface area contributed by atoms with Crippen molar-refractivity contribution < 1.29 is 4.74 Å². The van der Waals surface area contributed by atoms with Crippen LogP contribution in [0.1, 0.15) is 20.8 Å². The quantitative estimate of drug-likeness (QED) is 0.394. The zero-order chi connectivity index (χ0) is 10.3. The predicted molar refractivity (Wildman–Crippen MR) is 57.7 cm³/mol. The summed E-state index contributed by atoms with van der Waals surface area (Å²) < 4.78 is 4.90. The summed E-state index contributed by atoms with van der Waals surface area (Å²) in [5.41, 5.74) is 0.819. The number of methoxy groups -OCH3 is 1. The Hall–Kier alpha value is -0.670. The van der Waals surface area contributed by atoms with E-state index in [1.54, 1.807) is 14.0 Å². The first kappa shape index (κ1) is 12.3. The van der Waals surface area contributed by atoms with Crippen LogP contribution in [0.15, 0.2) is 22.1 Å². The molecule has 0 aromatic heterocycles. The van der Waals surface area contributed by atoms with Crippen molar-refractivity contribution in [3.8, 4) is 0 Å². The smallest absolute Gasteiger partial charge is 0.220 e. The second kappa shape index (κ2) is 6.80. The third kappa shape index (κ3) is 6.49. The van der Waals surface area contributed by atoms with Crippen molar-refractivity contribution in [3.05, 3.63) is 12.2 Å². The van der Waals surface area contributed by atoms with Gasteiger partial charge in [0, 0.05) is 12.8 Å². The maximum absolute atomic E-state index is 5.73. The minimum Gasteiger partial charge on any atom is -0.360 e. The van der Waals surface area contributed by atoms with Crippen molar-refractivity contribution in [3.63, 3.8) is 0 Å². The first-order valence-electron chi connectivity index (χ1n) is 4.04. The Bertz CT molecular complexity index is 234. The summed E-state index contributed by atoms with van der Waals surface area (Å²) in [7, 11) is 1.57. The molecule has 0 aromatic carbocycles. The molecular weight excluding hydrogens is 188 g/mol. The molecule has 0 heterocycles. The standard InChI is InChI=1S/C9H15ClN2O/c1-5-6-7(2)11-9(10)12-8(3)13-4/h5-6,8H,1-4H3/b6-5-,11-7?,12-9?. The molecule has 0 saturated carbocycles. The van der Waals surface area contributed by atoms with Gasteiger partial charge in [0.1, 0.15) is 6.23 Å². The highest BCUT2D eigenvalue weighted by Gasteiger charge is 1.96. The van der Waals surface area contributed by atoms with Gasteiger partial charge >= 0.3 is 0 Å². The zero-order valence-electron chi connectivity index (χ0n) is 8.41. The van der Waals surface area contributed by atoms with Crippen LogP contribution in [-0.4, -0.2) is 24.3 Å². The van der Waals surface area contributed by atoms with E-state index < -0.39 is 0 Å². The molecule has 0 bridgehead atoms. The van der Waals surface area contributed by atoms with E-state index in [0.29, 0.717) is 0 Å². The van der Waals surface area contributed by atoms with Crippen molar-refractivity contribution in [2.24, 2.45) is 9.98 Å². The highest BCUT2D eigenvalue weighted by molar-refractivity contribution is 6.65. The van der Waals surface area contributed by atoms with E-state index in [1.807, 2.05) is 26.0 Å². The molecule has 0 aliphatic rings. The van der Waals surface area contributed by atoms with Crippen LogP contribution in [0.4, 0.5) is 0 Å². The van der Waals surface area contributed by atoms with Crippen LogP contribution < -0.4 is 0 Å². The summed E-state index contributed by atoms with van der Waals surface area (Å²) in [6.07, 6.45) is 3.49. The van der Waals surface area contributed by atoms with E-state index in [4.69, 9.17) is 16.3 Å². The number of allylic oxidation sites excluding steroid dienone is 2. The van der Waals surface area contributed by atoms with Gasteiger partial charge in [-0.3, -0.25) is 0 Å². The van der Waals surface area contributed by atoms with Crippen molar-refractivity contribution in [1.82, 2.24) is 0 Å². The molecule has 0 saturated heterocycles. The fourth-order valence-corrected chi connectivity index (χ4v) is 0.926. The average molecular weight is 203 g/mol.